The van der Waals surface area contributed by atoms with Gasteiger partial charge in [0.25, 0.3) is 5.91 Å². The predicted octanol–water partition coefficient (Wildman–Crippen LogP) is 3.14. The van der Waals surface area contributed by atoms with Gasteiger partial charge in [0.1, 0.15) is 5.69 Å². The van der Waals surface area contributed by atoms with E-state index in [1.54, 1.807) is 29.7 Å². The van der Waals surface area contributed by atoms with Gasteiger partial charge in [0, 0.05) is 20.4 Å². The summed E-state index contributed by atoms with van der Waals surface area (Å²) in [5.41, 5.74) is 0.417. The van der Waals surface area contributed by atoms with Crippen LogP contribution >= 0.6 is 27.3 Å². The molecule has 3 nitrogen and oxygen atoms in total. The zero-order valence-corrected chi connectivity index (χ0v) is 11.6. The fraction of sp³-hybridized carbons (Fsp3) is 0.167. The van der Waals surface area contributed by atoms with Crippen molar-refractivity contribution in [3.8, 4) is 0 Å². The number of thiophene rings is 1. The second-order valence-corrected chi connectivity index (χ2v) is 5.76. The topological polar surface area (TPSA) is 42.0 Å². The molecule has 0 saturated heterocycles. The molecule has 2 heterocycles. The van der Waals surface area contributed by atoms with Crippen molar-refractivity contribution in [1.29, 1.82) is 0 Å². The highest BCUT2D eigenvalue weighted by Gasteiger charge is 2.10. The molecule has 2 aromatic heterocycles. The Morgan fingerprint density at radius 2 is 2.29 bits per heavy atom. The maximum atomic E-state index is 11.8. The van der Waals surface area contributed by atoms with Gasteiger partial charge in [-0.15, -0.1) is 11.3 Å². The summed E-state index contributed by atoms with van der Waals surface area (Å²) in [6.45, 7) is 2.59. The van der Waals surface area contributed by atoms with Crippen molar-refractivity contribution in [2.45, 2.75) is 13.5 Å². The second kappa shape index (κ2) is 5.42. The lowest BCUT2D eigenvalue weighted by Gasteiger charge is -2.04. The van der Waals surface area contributed by atoms with E-state index in [2.05, 4.69) is 26.2 Å². The Morgan fingerprint density at radius 3 is 2.94 bits per heavy atom. The molecule has 0 atom stereocenters. The Balaban J connectivity index is 2.01. The Labute approximate surface area is 112 Å². The summed E-state index contributed by atoms with van der Waals surface area (Å²) in [7, 11) is 0. The molecule has 17 heavy (non-hydrogen) atoms. The number of hydrogen-bond acceptors (Lipinski definition) is 3. The maximum absolute atomic E-state index is 11.8. The number of nitrogens with one attached hydrogen (secondary N) is 1. The van der Waals surface area contributed by atoms with E-state index in [9.17, 15) is 4.79 Å². The quantitative estimate of drug-likeness (QED) is 0.946. The van der Waals surface area contributed by atoms with Crippen molar-refractivity contribution < 1.29 is 4.79 Å². The molecule has 1 amide bonds. The van der Waals surface area contributed by atoms with E-state index >= 15 is 0 Å². The van der Waals surface area contributed by atoms with Gasteiger partial charge in [0.15, 0.2) is 0 Å². The molecule has 0 unspecified atom stereocenters. The molecule has 0 aliphatic rings. The molecule has 5 heteroatoms. The van der Waals surface area contributed by atoms with Crippen LogP contribution in [0.1, 0.15) is 20.2 Å². The number of carbonyl (C=O) groups is 1. The zero-order valence-electron chi connectivity index (χ0n) is 9.24. The van der Waals surface area contributed by atoms with Gasteiger partial charge in [0.05, 0.1) is 6.54 Å². The highest BCUT2D eigenvalue weighted by atomic mass is 79.9. The van der Waals surface area contributed by atoms with Gasteiger partial charge in [-0.2, -0.15) is 0 Å². The number of pyridine rings is 1. The summed E-state index contributed by atoms with van der Waals surface area (Å²) < 4.78 is 0.708. The van der Waals surface area contributed by atoms with E-state index in [1.165, 1.54) is 4.88 Å². The van der Waals surface area contributed by atoms with Crippen LogP contribution in [0.25, 0.3) is 0 Å². The van der Waals surface area contributed by atoms with Crippen LogP contribution in [-0.4, -0.2) is 10.9 Å². The van der Waals surface area contributed by atoms with Crippen molar-refractivity contribution >= 4 is 33.2 Å². The van der Waals surface area contributed by atoms with Gasteiger partial charge in [-0.25, -0.2) is 4.98 Å². The van der Waals surface area contributed by atoms with Crippen molar-refractivity contribution in [1.82, 2.24) is 10.3 Å². The molecular weight excluding hydrogens is 300 g/mol. The zero-order chi connectivity index (χ0) is 12.3. The lowest BCUT2D eigenvalue weighted by atomic mass is 10.3. The summed E-state index contributed by atoms with van der Waals surface area (Å²) in [4.78, 5) is 18.3. The monoisotopic (exact) mass is 310 g/mol. The predicted molar refractivity (Wildman–Crippen MR) is 72.2 cm³/mol. The maximum Gasteiger partial charge on any atom is 0.271 e. The summed E-state index contributed by atoms with van der Waals surface area (Å²) in [5, 5.41) is 2.85. The number of hydrogen-bond donors (Lipinski definition) is 1. The minimum Gasteiger partial charge on any atom is -0.346 e. The molecule has 0 aromatic carbocycles. The van der Waals surface area contributed by atoms with Gasteiger partial charge >= 0.3 is 0 Å². The number of amides is 1. The minimum atomic E-state index is -0.163. The van der Waals surface area contributed by atoms with Crippen molar-refractivity contribution in [3.05, 3.63) is 50.4 Å². The lowest BCUT2D eigenvalue weighted by molar-refractivity contribution is 0.0945. The Morgan fingerprint density at radius 1 is 1.47 bits per heavy atom. The van der Waals surface area contributed by atoms with Crippen molar-refractivity contribution in [3.63, 3.8) is 0 Å². The van der Waals surface area contributed by atoms with Gasteiger partial charge in [-0.05, 0) is 47.1 Å². The first kappa shape index (κ1) is 12.3. The first-order valence-electron chi connectivity index (χ1n) is 5.11. The number of carbonyl (C=O) groups excluding carboxylic acids is 1. The van der Waals surface area contributed by atoms with Gasteiger partial charge < -0.3 is 5.32 Å². The van der Waals surface area contributed by atoms with Crippen molar-refractivity contribution in [2.24, 2.45) is 0 Å². The largest absolute Gasteiger partial charge is 0.346 e. The summed E-state index contributed by atoms with van der Waals surface area (Å²) >= 11 is 4.99. The van der Waals surface area contributed by atoms with Crippen LogP contribution in [0.3, 0.4) is 0 Å². The normalized spacial score (nSPS) is 10.2. The van der Waals surface area contributed by atoms with Crippen LogP contribution < -0.4 is 5.32 Å². The molecular formula is C12H11BrN2OS. The van der Waals surface area contributed by atoms with E-state index in [-0.39, 0.29) is 5.91 Å². The molecule has 88 valence electrons. The molecule has 0 bridgehead atoms. The third kappa shape index (κ3) is 3.14. The molecule has 0 aliphatic carbocycles. The first-order valence-corrected chi connectivity index (χ1v) is 6.72. The fourth-order valence-corrected chi connectivity index (χ4v) is 2.65. The average Bonchev–Trinajstić information content (AvgIpc) is 2.73. The summed E-state index contributed by atoms with van der Waals surface area (Å²) in [6.07, 6.45) is 1.61. The second-order valence-electron chi connectivity index (χ2n) is 3.53. The third-order valence-corrected chi connectivity index (χ3v) is 3.83. The summed E-state index contributed by atoms with van der Waals surface area (Å²) in [5.74, 6) is -0.163. The van der Waals surface area contributed by atoms with Crippen LogP contribution in [0.5, 0.6) is 0 Å². The summed E-state index contributed by atoms with van der Waals surface area (Å²) in [6, 6.07) is 7.65. The Kier molecular flexibility index (Phi) is 3.91. The standard InChI is InChI=1S/C12H11BrN2OS/c1-8-4-5-9(17-8)7-15-12(16)11-10(13)3-2-6-14-11/h2-6H,7H2,1H3,(H,15,16). The van der Waals surface area contributed by atoms with Gasteiger partial charge in [0.2, 0.25) is 0 Å². The van der Waals surface area contributed by atoms with Crippen LogP contribution in [0.2, 0.25) is 0 Å². The number of rotatable bonds is 3. The Bertz CT molecular complexity index is 539. The van der Waals surface area contributed by atoms with Crippen molar-refractivity contribution in [2.75, 3.05) is 0 Å². The highest BCUT2D eigenvalue weighted by molar-refractivity contribution is 9.10. The minimum absolute atomic E-state index is 0.163. The fourth-order valence-electron chi connectivity index (χ4n) is 1.38. The third-order valence-electron chi connectivity index (χ3n) is 2.19. The van der Waals surface area contributed by atoms with E-state index in [4.69, 9.17) is 0 Å². The molecule has 0 aliphatic heterocycles. The van der Waals surface area contributed by atoms with Crippen LogP contribution in [0, 0.1) is 6.92 Å². The molecule has 0 saturated carbocycles. The van der Waals surface area contributed by atoms with Gasteiger partial charge in [-0.3, -0.25) is 4.79 Å². The van der Waals surface area contributed by atoms with E-state index in [1.807, 2.05) is 19.1 Å². The SMILES string of the molecule is Cc1ccc(CNC(=O)c2ncccc2Br)s1. The number of nitrogens with zero attached hydrogens (tertiary/aromatic N) is 1. The van der Waals surface area contributed by atoms with E-state index in [0.29, 0.717) is 16.7 Å². The van der Waals surface area contributed by atoms with Crippen LogP contribution in [-0.2, 0) is 6.54 Å². The van der Waals surface area contributed by atoms with E-state index in [0.717, 1.165) is 4.88 Å². The molecule has 0 spiro atoms. The number of halogens is 1. The van der Waals surface area contributed by atoms with Gasteiger partial charge in [-0.1, -0.05) is 0 Å². The highest BCUT2D eigenvalue weighted by Crippen LogP contribution is 2.16. The lowest BCUT2D eigenvalue weighted by Crippen LogP contribution is -2.23. The Hall–Kier alpha value is -1.20. The average molecular weight is 311 g/mol. The van der Waals surface area contributed by atoms with Crippen LogP contribution in [0.15, 0.2) is 34.9 Å². The smallest absolute Gasteiger partial charge is 0.271 e. The molecule has 0 radical (unpaired) electrons. The first-order chi connectivity index (χ1) is 8.16. The number of aromatic nitrogens is 1. The van der Waals surface area contributed by atoms with Crippen LogP contribution in [0.4, 0.5) is 0 Å². The molecule has 2 rings (SSSR count). The van der Waals surface area contributed by atoms with E-state index < -0.39 is 0 Å². The molecule has 1 N–H and O–H groups in total. The molecule has 2 aromatic rings. The molecule has 0 fully saturated rings. The number of aryl methyl sites for hydroxylation is 1.